The fourth-order valence-corrected chi connectivity index (χ4v) is 5.00. The van der Waals surface area contributed by atoms with Crippen LogP contribution in [0.4, 0.5) is 0 Å². The fraction of sp³-hybridized carbons (Fsp3) is 0.593. The molecular weight excluding hydrogens is 416 g/mol. The van der Waals surface area contributed by atoms with Crippen molar-refractivity contribution < 1.29 is 18.7 Å². The Morgan fingerprint density at radius 1 is 1.03 bits per heavy atom. The zero-order valence-electron chi connectivity index (χ0n) is 21.6. The first-order valence-corrected chi connectivity index (χ1v) is 14.5. The summed E-state index contributed by atoms with van der Waals surface area (Å²) in [5.41, 5.74) is 1.08. The van der Waals surface area contributed by atoms with E-state index in [2.05, 4.69) is 60.4 Å². The number of carbonyl (C=O) groups is 1. The lowest BCUT2D eigenvalue weighted by molar-refractivity contribution is -0.117. The predicted molar refractivity (Wildman–Crippen MR) is 137 cm³/mol. The molecule has 1 rings (SSSR count). The molecule has 0 amide bonds. The van der Waals surface area contributed by atoms with Crippen molar-refractivity contribution in [3.63, 3.8) is 0 Å². The Labute approximate surface area is 197 Å². The first kappa shape index (κ1) is 28.3. The lowest BCUT2D eigenvalue weighted by atomic mass is 9.84. The van der Waals surface area contributed by atoms with E-state index in [1.165, 1.54) is 0 Å². The third kappa shape index (κ3) is 8.02. The highest BCUT2D eigenvalue weighted by molar-refractivity contribution is 6.74. The molecule has 0 fully saturated rings. The van der Waals surface area contributed by atoms with Gasteiger partial charge in [0, 0.05) is 17.8 Å². The van der Waals surface area contributed by atoms with Crippen molar-refractivity contribution in [1.29, 1.82) is 0 Å². The van der Waals surface area contributed by atoms with E-state index in [0.717, 1.165) is 17.6 Å². The Bertz CT molecular complexity index is 733. The third-order valence-electron chi connectivity index (χ3n) is 6.68. The van der Waals surface area contributed by atoms with Crippen LogP contribution in [0.2, 0.25) is 18.1 Å². The summed E-state index contributed by atoms with van der Waals surface area (Å²) in [5, 5.41) is 0.0569. The van der Waals surface area contributed by atoms with Crippen LogP contribution in [0.25, 0.3) is 0 Å². The van der Waals surface area contributed by atoms with Gasteiger partial charge in [0.2, 0.25) is 0 Å². The van der Waals surface area contributed by atoms with Gasteiger partial charge >= 0.3 is 0 Å². The molecule has 1 aromatic carbocycles. The van der Waals surface area contributed by atoms with Crippen LogP contribution in [0.1, 0.15) is 47.1 Å². The van der Waals surface area contributed by atoms with Crippen LogP contribution in [0.15, 0.2) is 49.1 Å². The summed E-state index contributed by atoms with van der Waals surface area (Å²) in [7, 11) is -0.415. The molecule has 0 unspecified atom stereocenters. The number of carbonyl (C=O) groups excluding carboxylic acids is 1. The Balaban J connectivity index is 3.19. The van der Waals surface area contributed by atoms with Gasteiger partial charge in [-0.15, -0.1) is 0 Å². The quantitative estimate of drug-likeness (QED) is 0.184. The fourth-order valence-electron chi connectivity index (χ4n) is 3.53. The van der Waals surface area contributed by atoms with Crippen molar-refractivity contribution in [2.75, 3.05) is 7.11 Å². The molecule has 32 heavy (non-hydrogen) atoms. The Hall–Kier alpha value is -1.69. The summed E-state index contributed by atoms with van der Waals surface area (Å²) in [4.78, 5) is 11.8. The van der Waals surface area contributed by atoms with Crippen molar-refractivity contribution in [1.82, 2.24) is 0 Å². The van der Waals surface area contributed by atoms with E-state index < -0.39 is 8.32 Å². The van der Waals surface area contributed by atoms with E-state index in [1.807, 2.05) is 37.3 Å². The van der Waals surface area contributed by atoms with Crippen molar-refractivity contribution >= 4 is 14.6 Å². The largest absolute Gasteiger partial charge is 0.497 e. The Morgan fingerprint density at radius 3 is 2.09 bits per heavy atom. The Morgan fingerprint density at radius 2 is 1.62 bits per heavy atom. The molecule has 0 heterocycles. The van der Waals surface area contributed by atoms with Crippen molar-refractivity contribution in [3.05, 3.63) is 54.6 Å². The van der Waals surface area contributed by atoms with Gasteiger partial charge in [0.1, 0.15) is 12.0 Å². The molecule has 0 aliphatic heterocycles. The SMILES string of the molecule is C=C/C=C\[C@H](C)[C@H](OCc1ccc(OC)cc1)[C@@H](C)[C@@H](O[Si](C)(C)C(C)(C)C)[C@H](C)C=O. The monoisotopic (exact) mass is 460 g/mol. The normalized spacial score (nSPS) is 17.4. The number of benzene rings is 1. The van der Waals surface area contributed by atoms with E-state index >= 15 is 0 Å². The molecule has 0 saturated carbocycles. The van der Waals surface area contributed by atoms with Crippen LogP contribution in [0.3, 0.4) is 0 Å². The lowest BCUT2D eigenvalue weighted by Crippen LogP contribution is -2.50. The number of hydrogen-bond acceptors (Lipinski definition) is 4. The smallest absolute Gasteiger partial charge is 0.192 e. The van der Waals surface area contributed by atoms with Crippen molar-refractivity contribution in [2.24, 2.45) is 17.8 Å². The maximum absolute atomic E-state index is 11.8. The maximum Gasteiger partial charge on any atom is 0.192 e. The number of rotatable bonds is 13. The van der Waals surface area contributed by atoms with Crippen LogP contribution in [0, 0.1) is 17.8 Å². The van der Waals surface area contributed by atoms with E-state index in [9.17, 15) is 4.79 Å². The van der Waals surface area contributed by atoms with Gasteiger partial charge in [-0.25, -0.2) is 0 Å². The van der Waals surface area contributed by atoms with Gasteiger partial charge in [0.15, 0.2) is 8.32 Å². The van der Waals surface area contributed by atoms with Gasteiger partial charge in [-0.1, -0.05) is 78.5 Å². The second kappa shape index (κ2) is 12.5. The van der Waals surface area contributed by atoms with Crippen LogP contribution < -0.4 is 4.74 Å². The zero-order chi connectivity index (χ0) is 24.5. The standard InChI is InChI=1S/C27H44O4Si/c1-11-12-13-20(2)25(30-19-23-14-16-24(29-8)17-15-23)22(4)26(21(3)18-28)31-32(9,10)27(5,6)7/h11-18,20-22,25-26H,1,19H2,2-10H3/b13-12-/t20-,21+,22+,25-,26-/m0/s1. The maximum atomic E-state index is 11.8. The average Bonchev–Trinajstić information content (AvgIpc) is 2.75. The second-order valence-corrected chi connectivity index (χ2v) is 15.1. The summed E-state index contributed by atoms with van der Waals surface area (Å²) in [5.74, 6) is 0.753. The molecular formula is C27H44O4Si. The third-order valence-corrected chi connectivity index (χ3v) is 11.2. The molecule has 1 aromatic rings. The minimum atomic E-state index is -2.08. The van der Waals surface area contributed by atoms with Gasteiger partial charge in [-0.05, 0) is 35.8 Å². The highest BCUT2D eigenvalue weighted by atomic mass is 28.4. The minimum Gasteiger partial charge on any atom is -0.497 e. The van der Waals surface area contributed by atoms with Crippen molar-refractivity contribution in [2.45, 2.75) is 78.5 Å². The molecule has 0 aromatic heterocycles. The molecule has 0 saturated heterocycles. The molecule has 5 atom stereocenters. The molecule has 0 bridgehead atoms. The van der Waals surface area contributed by atoms with E-state index in [4.69, 9.17) is 13.9 Å². The summed E-state index contributed by atoms with van der Waals surface area (Å²) >= 11 is 0. The number of hydrogen-bond donors (Lipinski definition) is 0. The Kier molecular flexibility index (Phi) is 11.1. The highest BCUT2D eigenvalue weighted by Gasteiger charge is 2.43. The van der Waals surface area contributed by atoms with Crippen LogP contribution >= 0.6 is 0 Å². The van der Waals surface area contributed by atoms with Crippen LogP contribution in [-0.4, -0.2) is 33.9 Å². The molecule has 0 radical (unpaired) electrons. The molecule has 0 aliphatic rings. The number of methoxy groups -OCH3 is 1. The predicted octanol–water partition coefficient (Wildman–Crippen LogP) is 6.82. The van der Waals surface area contributed by atoms with Gasteiger partial charge in [-0.2, -0.15) is 0 Å². The molecule has 4 nitrogen and oxygen atoms in total. The van der Waals surface area contributed by atoms with E-state index in [1.54, 1.807) is 13.2 Å². The first-order chi connectivity index (χ1) is 14.9. The zero-order valence-corrected chi connectivity index (χ0v) is 22.6. The van der Waals surface area contributed by atoms with Crippen LogP contribution in [-0.2, 0) is 20.6 Å². The van der Waals surface area contributed by atoms with Crippen LogP contribution in [0.5, 0.6) is 5.75 Å². The molecule has 0 N–H and O–H groups in total. The summed E-state index contributed by atoms with van der Waals surface area (Å²) in [6.07, 6.45) is 6.52. The molecule has 5 heteroatoms. The summed E-state index contributed by atoms with van der Waals surface area (Å²) < 4.78 is 18.5. The number of allylic oxidation sites excluding steroid dienone is 2. The molecule has 0 aliphatic carbocycles. The minimum absolute atomic E-state index is 0.0204. The van der Waals surface area contributed by atoms with E-state index in [-0.39, 0.29) is 35.0 Å². The number of ether oxygens (including phenoxy) is 2. The van der Waals surface area contributed by atoms with E-state index in [0.29, 0.717) is 6.61 Å². The highest BCUT2D eigenvalue weighted by Crippen LogP contribution is 2.40. The van der Waals surface area contributed by atoms with Gasteiger partial charge in [0.25, 0.3) is 0 Å². The molecule has 180 valence electrons. The molecule has 0 spiro atoms. The first-order valence-electron chi connectivity index (χ1n) is 11.5. The topological polar surface area (TPSA) is 44.8 Å². The summed E-state index contributed by atoms with van der Waals surface area (Å²) in [6.45, 7) is 21.6. The second-order valence-electron chi connectivity index (χ2n) is 10.3. The lowest BCUT2D eigenvalue weighted by Gasteiger charge is -2.44. The average molecular weight is 461 g/mol. The van der Waals surface area contributed by atoms with Gasteiger partial charge < -0.3 is 18.7 Å². The summed E-state index contributed by atoms with van der Waals surface area (Å²) in [6, 6.07) is 7.91. The van der Waals surface area contributed by atoms with Gasteiger partial charge in [-0.3, -0.25) is 0 Å². The van der Waals surface area contributed by atoms with Gasteiger partial charge in [0.05, 0.1) is 25.9 Å². The number of aldehydes is 1. The van der Waals surface area contributed by atoms with Crippen molar-refractivity contribution in [3.8, 4) is 5.75 Å².